The maximum absolute atomic E-state index is 14.3. The smallest absolute Gasteiger partial charge is 0.323 e. The van der Waals surface area contributed by atoms with Gasteiger partial charge < -0.3 is 30.1 Å². The SMILES string of the molecule is Cc1ccc(S(=O)(=O)N(C)C[C@@H]2OCCCC[C@H](C)Oc3ccc(NC(=O)Nc4ccccc4)cc3C(=O)N([C@H](C)CO)C[C@@H]2C)cc1. The fourth-order valence-corrected chi connectivity index (χ4v) is 6.70. The lowest BCUT2D eigenvalue weighted by Gasteiger charge is -2.35. The molecule has 0 radical (unpaired) electrons. The summed E-state index contributed by atoms with van der Waals surface area (Å²) in [6.07, 6.45) is 1.49. The van der Waals surface area contributed by atoms with Crippen LogP contribution in [0.15, 0.2) is 77.7 Å². The topological polar surface area (TPSA) is 138 Å². The summed E-state index contributed by atoms with van der Waals surface area (Å²) < 4.78 is 40.8. The molecule has 1 heterocycles. The largest absolute Gasteiger partial charge is 0.490 e. The number of nitrogens with zero attached hydrogens (tertiary/aromatic N) is 2. The van der Waals surface area contributed by atoms with E-state index in [-0.39, 0.29) is 42.2 Å². The molecule has 3 amide bonds. The Bertz CT molecular complexity index is 1620. The molecule has 4 rings (SSSR count). The molecule has 1 aliphatic heterocycles. The van der Waals surface area contributed by atoms with Crippen molar-refractivity contribution >= 4 is 33.3 Å². The maximum Gasteiger partial charge on any atom is 0.323 e. The lowest BCUT2D eigenvalue weighted by Crippen LogP contribution is -2.48. The summed E-state index contributed by atoms with van der Waals surface area (Å²) >= 11 is 0. The third-order valence-electron chi connectivity index (χ3n) is 8.51. The molecule has 3 aromatic rings. The Morgan fingerprint density at radius 3 is 2.40 bits per heavy atom. The first-order chi connectivity index (χ1) is 22.9. The van der Waals surface area contributed by atoms with Gasteiger partial charge in [0.2, 0.25) is 10.0 Å². The van der Waals surface area contributed by atoms with Crippen LogP contribution in [0.4, 0.5) is 16.2 Å². The van der Waals surface area contributed by atoms with Crippen molar-refractivity contribution in [2.24, 2.45) is 5.92 Å². The lowest BCUT2D eigenvalue weighted by atomic mass is 10.0. The predicted octanol–water partition coefficient (Wildman–Crippen LogP) is 5.76. The number of benzene rings is 3. The van der Waals surface area contributed by atoms with Crippen LogP contribution in [0.2, 0.25) is 0 Å². The van der Waals surface area contributed by atoms with Crippen LogP contribution in [0.1, 0.15) is 56.0 Å². The minimum absolute atomic E-state index is 0.0770. The second kappa shape index (κ2) is 16.9. The zero-order valence-corrected chi connectivity index (χ0v) is 29.2. The molecule has 4 atom stereocenters. The summed E-state index contributed by atoms with van der Waals surface area (Å²) in [7, 11) is -2.25. The number of aliphatic hydroxyl groups is 1. The average Bonchev–Trinajstić information content (AvgIpc) is 3.06. The Hall–Kier alpha value is -3.97. The van der Waals surface area contributed by atoms with Gasteiger partial charge in [0.05, 0.1) is 35.3 Å². The summed E-state index contributed by atoms with van der Waals surface area (Å²) in [5, 5.41) is 15.8. The number of aryl methyl sites for hydroxylation is 1. The standard InChI is InChI=1S/C36H48N4O7S/c1-25-14-17-31(18-15-25)48(44,45)39(5)23-34-26(2)22-40(27(3)24-41)35(42)32-21-30(38-36(43)37-29-12-7-6-8-13-29)16-19-33(32)47-28(4)11-9-10-20-46-34/h6-8,12-19,21,26-28,34,41H,9-11,20,22-24H2,1-5H3,(H2,37,38,43)/t26-,27+,28-,34-/m0/s1. The Kier molecular flexibility index (Phi) is 13.0. The number of hydrogen-bond acceptors (Lipinski definition) is 7. The molecule has 11 nitrogen and oxygen atoms in total. The summed E-state index contributed by atoms with van der Waals surface area (Å²) in [6.45, 7) is 7.87. The molecule has 1 aliphatic rings. The second-order valence-electron chi connectivity index (χ2n) is 12.6. The Morgan fingerprint density at radius 1 is 1.02 bits per heavy atom. The third kappa shape index (κ3) is 9.79. The predicted molar refractivity (Wildman–Crippen MR) is 187 cm³/mol. The van der Waals surface area contributed by atoms with Gasteiger partial charge in [-0.1, -0.05) is 42.8 Å². The van der Waals surface area contributed by atoms with E-state index >= 15 is 0 Å². The number of ether oxygens (including phenoxy) is 2. The fourth-order valence-electron chi connectivity index (χ4n) is 5.52. The quantitative estimate of drug-likeness (QED) is 0.275. The first-order valence-corrected chi connectivity index (χ1v) is 17.8. The lowest BCUT2D eigenvalue weighted by molar-refractivity contribution is -0.00833. The average molecular weight is 681 g/mol. The van der Waals surface area contributed by atoms with Crippen LogP contribution in [-0.2, 0) is 14.8 Å². The van der Waals surface area contributed by atoms with Crippen LogP contribution in [0.3, 0.4) is 0 Å². The summed E-state index contributed by atoms with van der Waals surface area (Å²) in [5.41, 5.74) is 2.21. The highest BCUT2D eigenvalue weighted by Gasteiger charge is 2.32. The normalized spacial score (nSPS) is 20.3. The zero-order valence-electron chi connectivity index (χ0n) is 28.4. The molecule has 0 fully saturated rings. The zero-order chi connectivity index (χ0) is 34.8. The third-order valence-corrected chi connectivity index (χ3v) is 10.3. The molecule has 0 bridgehead atoms. The van der Waals surface area contributed by atoms with Gasteiger partial charge in [-0.15, -0.1) is 0 Å². The first kappa shape index (κ1) is 36.9. The molecular formula is C36H48N4O7S. The highest BCUT2D eigenvalue weighted by molar-refractivity contribution is 7.89. The van der Waals surface area contributed by atoms with Crippen molar-refractivity contribution in [3.05, 3.63) is 83.9 Å². The molecular weight excluding hydrogens is 632 g/mol. The molecule has 0 unspecified atom stereocenters. The van der Waals surface area contributed by atoms with Crippen molar-refractivity contribution in [1.29, 1.82) is 0 Å². The van der Waals surface area contributed by atoms with Crippen molar-refractivity contribution in [3.8, 4) is 5.75 Å². The monoisotopic (exact) mass is 680 g/mol. The fraction of sp³-hybridized carbons (Fsp3) is 0.444. The number of amides is 3. The highest BCUT2D eigenvalue weighted by atomic mass is 32.2. The van der Waals surface area contributed by atoms with Crippen molar-refractivity contribution in [3.63, 3.8) is 0 Å². The van der Waals surface area contributed by atoms with Gasteiger partial charge in [-0.05, 0) is 82.5 Å². The van der Waals surface area contributed by atoms with E-state index in [0.717, 1.165) is 18.4 Å². The molecule has 0 saturated heterocycles. The molecule has 3 aromatic carbocycles. The van der Waals surface area contributed by atoms with Gasteiger partial charge in [-0.3, -0.25) is 4.79 Å². The van der Waals surface area contributed by atoms with E-state index in [1.54, 1.807) is 66.4 Å². The van der Waals surface area contributed by atoms with Crippen LogP contribution in [0.5, 0.6) is 5.75 Å². The van der Waals surface area contributed by atoms with E-state index in [0.29, 0.717) is 30.2 Å². The van der Waals surface area contributed by atoms with E-state index in [9.17, 15) is 23.1 Å². The Balaban J connectivity index is 1.62. The number of fused-ring (bicyclic) bond motifs is 1. The summed E-state index contributed by atoms with van der Waals surface area (Å²) in [4.78, 5) is 28.9. The van der Waals surface area contributed by atoms with Crippen LogP contribution in [0.25, 0.3) is 0 Å². The number of urea groups is 1. The number of aliphatic hydroxyl groups excluding tert-OH is 1. The number of para-hydroxylation sites is 1. The number of hydrogen-bond donors (Lipinski definition) is 3. The highest BCUT2D eigenvalue weighted by Crippen LogP contribution is 2.29. The van der Waals surface area contributed by atoms with Gasteiger partial charge in [0.1, 0.15) is 5.75 Å². The van der Waals surface area contributed by atoms with Crippen molar-refractivity contribution < 1.29 is 32.6 Å². The van der Waals surface area contributed by atoms with E-state index in [2.05, 4.69) is 10.6 Å². The number of nitrogens with one attached hydrogen (secondary N) is 2. The van der Waals surface area contributed by atoms with E-state index in [1.165, 1.54) is 11.4 Å². The summed E-state index contributed by atoms with van der Waals surface area (Å²) in [5.74, 6) is -0.338. The number of anilines is 2. The number of rotatable bonds is 8. The molecule has 3 N–H and O–H groups in total. The number of carbonyl (C=O) groups excluding carboxylic acids is 2. The van der Waals surface area contributed by atoms with E-state index < -0.39 is 34.1 Å². The van der Waals surface area contributed by atoms with Crippen LogP contribution in [0, 0.1) is 12.8 Å². The number of carbonyl (C=O) groups is 2. The van der Waals surface area contributed by atoms with Crippen molar-refractivity contribution in [2.75, 3.05) is 44.0 Å². The van der Waals surface area contributed by atoms with Gasteiger partial charge in [-0.25, -0.2) is 13.2 Å². The first-order valence-electron chi connectivity index (χ1n) is 16.4. The van der Waals surface area contributed by atoms with Gasteiger partial charge in [0.25, 0.3) is 5.91 Å². The van der Waals surface area contributed by atoms with Crippen molar-refractivity contribution in [2.45, 2.75) is 70.1 Å². The van der Waals surface area contributed by atoms with Gasteiger partial charge in [0.15, 0.2) is 0 Å². The van der Waals surface area contributed by atoms with Crippen LogP contribution < -0.4 is 15.4 Å². The molecule has 0 aliphatic carbocycles. The van der Waals surface area contributed by atoms with Gasteiger partial charge in [0, 0.05) is 44.0 Å². The van der Waals surface area contributed by atoms with E-state index in [4.69, 9.17) is 9.47 Å². The van der Waals surface area contributed by atoms with Crippen LogP contribution in [-0.4, -0.2) is 86.3 Å². The van der Waals surface area contributed by atoms with Gasteiger partial charge in [-0.2, -0.15) is 4.31 Å². The van der Waals surface area contributed by atoms with Gasteiger partial charge >= 0.3 is 6.03 Å². The maximum atomic E-state index is 14.3. The number of likely N-dealkylation sites (N-methyl/N-ethyl adjacent to an activating group) is 1. The van der Waals surface area contributed by atoms with Crippen LogP contribution >= 0.6 is 0 Å². The Morgan fingerprint density at radius 2 is 1.71 bits per heavy atom. The molecule has 0 saturated carbocycles. The Labute approximate surface area is 284 Å². The number of sulfonamides is 1. The molecule has 260 valence electrons. The summed E-state index contributed by atoms with van der Waals surface area (Å²) in [6, 6.07) is 19.6. The molecule has 0 aromatic heterocycles. The minimum Gasteiger partial charge on any atom is -0.490 e. The minimum atomic E-state index is -3.79. The van der Waals surface area contributed by atoms with Crippen molar-refractivity contribution in [1.82, 2.24) is 9.21 Å². The molecule has 12 heteroatoms. The molecule has 48 heavy (non-hydrogen) atoms. The molecule has 0 spiro atoms. The second-order valence-corrected chi connectivity index (χ2v) is 14.6. The van der Waals surface area contributed by atoms with E-state index in [1.807, 2.05) is 39.0 Å².